The number of aryl methyl sites for hydroxylation is 2. The molecule has 28 heteroatoms. The number of hydrogen-bond acceptors (Lipinski definition) is 12. The van der Waals surface area contributed by atoms with Crippen molar-refractivity contribution in [3.8, 4) is 0 Å². The van der Waals surface area contributed by atoms with Crippen LogP contribution >= 0.6 is 0 Å². The number of halogens is 6. The molecule has 2 fully saturated rings. The van der Waals surface area contributed by atoms with Gasteiger partial charge in [0.2, 0.25) is 35.4 Å². The second-order valence-corrected chi connectivity index (χ2v) is 26.5. The normalized spacial score (nSPS) is 22.3. The lowest BCUT2D eigenvalue weighted by Crippen LogP contribution is -2.60. The van der Waals surface area contributed by atoms with Crippen molar-refractivity contribution in [2.45, 2.75) is 205 Å². The van der Waals surface area contributed by atoms with Crippen LogP contribution in [0, 0.1) is 10.8 Å². The summed E-state index contributed by atoms with van der Waals surface area (Å²) in [5.74, 6) is -8.92. The van der Waals surface area contributed by atoms with Gasteiger partial charge in [0.1, 0.15) is 24.2 Å². The molecule has 0 aromatic heterocycles. The Bertz CT molecular complexity index is 3060. The minimum Gasteiger partial charge on any atom is -0.475 e. The molecule has 3 aromatic rings. The smallest absolute Gasteiger partial charge is 0.475 e. The molecule has 2 aliphatic heterocycles. The van der Waals surface area contributed by atoms with Crippen molar-refractivity contribution in [2.24, 2.45) is 10.8 Å². The molecule has 0 spiro atoms. The number of alkyl halides is 6. The number of nitrogens with one attached hydrogen (secondary N) is 8. The van der Waals surface area contributed by atoms with Crippen LogP contribution in [0.3, 0.4) is 0 Å². The standard InChI is InChI=1S/C62H88N10O8.2C2HF3O2/c1-13-61(30-20-26-39-22-15-17-28-45(39)61)69-55(77)47-33-43(35-71(47)57(79)49(59(5,6)7)67-51(73)37(3)63-11)65-53(75)41-24-19-25-42(32-41)54(76)66-44-34-48(56(78)70-62(14-2)31-21-27-40-23-16-18-29-46(40)62)72(36-44)58(80)50(60(8,9)10)68-52(74)38(4)64-12;2*3-2(4,5)1(6)7/h15-19,22-25,28-29,32,37-38,43-44,47-50,63-64H,13-14,20-21,26-27,30-31,33-36H2,1-12H3,(H,65,75)(H,66,76)(H,67,73)(H,68,74)(H,69,77)(H,70,78);2*(H,6,7)/t37-,38-,43-,44-,47-,48-,49+,50+,61?,62?;;/m0../s1. The highest BCUT2D eigenvalue weighted by molar-refractivity contribution is 6.01. The van der Waals surface area contributed by atoms with Crippen molar-refractivity contribution in [3.05, 3.63) is 106 Å². The largest absolute Gasteiger partial charge is 0.490 e. The Labute approximate surface area is 543 Å². The fraction of sp³-hybridized carbons (Fsp3) is 0.576. The molecule has 2 saturated heterocycles. The second kappa shape index (κ2) is 31.4. The molecule has 22 nitrogen and oxygen atoms in total. The zero-order valence-corrected chi connectivity index (χ0v) is 55.2. The summed E-state index contributed by atoms with van der Waals surface area (Å²) in [6, 6.07) is 15.9. The van der Waals surface area contributed by atoms with Crippen molar-refractivity contribution >= 4 is 59.2 Å². The lowest BCUT2D eigenvalue weighted by molar-refractivity contribution is -0.193. The summed E-state index contributed by atoms with van der Waals surface area (Å²) in [4.78, 5) is 136. The zero-order chi connectivity index (χ0) is 70.6. The van der Waals surface area contributed by atoms with Gasteiger partial charge >= 0.3 is 24.3 Å². The van der Waals surface area contributed by atoms with E-state index >= 15 is 0 Å². The Balaban J connectivity index is 0.00000103. The van der Waals surface area contributed by atoms with E-state index in [0.717, 1.165) is 49.7 Å². The first-order valence-electron chi connectivity index (χ1n) is 31.4. The first-order chi connectivity index (χ1) is 43.7. The number of carbonyl (C=O) groups excluding carboxylic acids is 8. The maximum atomic E-state index is 14.9. The van der Waals surface area contributed by atoms with Gasteiger partial charge in [0.15, 0.2) is 0 Å². The Hall–Kier alpha value is -8.14. The number of likely N-dealkylation sites (N-methyl/N-ethyl adjacent to an activating group) is 2. The number of amides is 8. The Morgan fingerprint density at radius 2 is 0.872 bits per heavy atom. The van der Waals surface area contributed by atoms with Gasteiger partial charge in [-0.3, -0.25) is 38.4 Å². The molecular weight excluding hydrogens is 1240 g/mol. The van der Waals surface area contributed by atoms with Crippen LogP contribution in [0.4, 0.5) is 26.3 Å². The van der Waals surface area contributed by atoms with Gasteiger partial charge in [-0.05, 0) is 143 Å². The van der Waals surface area contributed by atoms with Crippen LogP contribution in [0.2, 0.25) is 0 Å². The third-order valence-corrected chi connectivity index (χ3v) is 17.9. The maximum absolute atomic E-state index is 14.9. The van der Waals surface area contributed by atoms with Gasteiger partial charge in [-0.2, -0.15) is 26.3 Å². The summed E-state index contributed by atoms with van der Waals surface area (Å²) in [6.45, 7) is 18.6. The van der Waals surface area contributed by atoms with Crippen molar-refractivity contribution < 1.29 is 84.5 Å². The molecule has 3 aromatic carbocycles. The van der Waals surface area contributed by atoms with E-state index in [-0.39, 0.29) is 60.7 Å². The molecule has 2 heterocycles. The van der Waals surface area contributed by atoms with Crippen LogP contribution in [0.1, 0.15) is 164 Å². The quantitative estimate of drug-likeness (QED) is 0.0640. The second-order valence-electron chi connectivity index (χ2n) is 26.5. The number of carboxylic acid groups (broad SMARTS) is 2. The van der Waals surface area contributed by atoms with E-state index in [2.05, 4.69) is 66.8 Å². The number of aliphatic carboxylic acids is 2. The summed E-state index contributed by atoms with van der Waals surface area (Å²) in [5.41, 5.74) is 1.91. The Kier molecular flexibility index (Phi) is 25.6. The highest BCUT2D eigenvalue weighted by atomic mass is 19.4. The average Bonchev–Trinajstić information content (AvgIpc) is 1.29. The maximum Gasteiger partial charge on any atom is 0.490 e. The number of carboxylic acids is 2. The topological polar surface area (TPSA) is 314 Å². The van der Waals surface area contributed by atoms with Gasteiger partial charge in [-0.15, -0.1) is 0 Å². The van der Waals surface area contributed by atoms with E-state index < -0.39 is 118 Å². The van der Waals surface area contributed by atoms with Crippen LogP contribution < -0.4 is 42.5 Å². The van der Waals surface area contributed by atoms with Crippen LogP contribution in [-0.2, 0) is 62.3 Å². The number of fused-ring (bicyclic) bond motifs is 2. The molecule has 0 bridgehead atoms. The minimum atomic E-state index is -5.08. The van der Waals surface area contributed by atoms with Gasteiger partial charge in [0, 0.05) is 36.3 Å². The van der Waals surface area contributed by atoms with Gasteiger partial charge in [-0.1, -0.05) is 110 Å². The van der Waals surface area contributed by atoms with Crippen molar-refractivity contribution in [1.29, 1.82) is 0 Å². The van der Waals surface area contributed by atoms with Crippen LogP contribution in [-0.4, -0.2) is 167 Å². The predicted octanol–water partition coefficient (Wildman–Crippen LogP) is 6.15. The summed E-state index contributed by atoms with van der Waals surface area (Å²) < 4.78 is 63.5. The lowest BCUT2D eigenvalue weighted by Gasteiger charge is -2.41. The highest BCUT2D eigenvalue weighted by Gasteiger charge is 2.50. The molecule has 7 rings (SSSR count). The first-order valence-corrected chi connectivity index (χ1v) is 31.4. The molecule has 0 radical (unpaired) electrons. The predicted molar refractivity (Wildman–Crippen MR) is 335 cm³/mol. The molecular formula is C66H90F6N10O12. The van der Waals surface area contributed by atoms with Crippen molar-refractivity contribution in [3.63, 3.8) is 0 Å². The van der Waals surface area contributed by atoms with Crippen LogP contribution in [0.15, 0.2) is 72.8 Å². The molecule has 518 valence electrons. The molecule has 94 heavy (non-hydrogen) atoms. The minimum absolute atomic E-state index is 0.0195. The van der Waals surface area contributed by atoms with Crippen LogP contribution in [0.5, 0.6) is 0 Å². The summed E-state index contributed by atoms with van der Waals surface area (Å²) >= 11 is 0. The third-order valence-electron chi connectivity index (χ3n) is 17.9. The molecule has 2 unspecified atom stereocenters. The fourth-order valence-corrected chi connectivity index (χ4v) is 12.3. The number of carbonyl (C=O) groups is 10. The number of likely N-dealkylation sites (tertiary alicyclic amines) is 2. The fourth-order valence-electron chi connectivity index (χ4n) is 12.3. The van der Waals surface area contributed by atoms with Gasteiger partial charge in [0.25, 0.3) is 11.8 Å². The molecule has 4 aliphatic rings. The SMILES string of the molecule is CCC1(NC(=O)[C@@H]2C[C@H](NC(=O)c3cccc(C(=O)N[C@H]4C[C@@H](C(=O)NC5(CC)CCCc6ccccc65)N(C(=O)[C@@H](NC(=O)[C@H](C)NC)C(C)(C)C)C4)c3)CN2C(=O)[C@@H](NC(=O)[C@H](C)NC)C(C)(C)C)CCCc2ccccc21.O=C(O)C(F)(F)F.O=C(O)C(F)(F)F. The van der Waals surface area contributed by atoms with Crippen molar-refractivity contribution in [1.82, 2.24) is 52.3 Å². The van der Waals surface area contributed by atoms with Gasteiger partial charge < -0.3 is 62.5 Å². The van der Waals surface area contributed by atoms with E-state index in [9.17, 15) is 64.7 Å². The van der Waals surface area contributed by atoms with E-state index in [4.69, 9.17) is 19.8 Å². The number of rotatable bonds is 18. The summed E-state index contributed by atoms with van der Waals surface area (Å²) in [6.07, 6.45) is -3.77. The Morgan fingerprint density at radius 3 is 1.17 bits per heavy atom. The lowest BCUT2D eigenvalue weighted by atomic mass is 9.74. The van der Waals surface area contributed by atoms with E-state index in [1.165, 1.54) is 27.0 Å². The first kappa shape index (κ1) is 76.6. The molecule has 10 atom stereocenters. The van der Waals surface area contributed by atoms with Crippen LogP contribution in [0.25, 0.3) is 0 Å². The Morgan fingerprint density at radius 1 is 0.543 bits per heavy atom. The monoisotopic (exact) mass is 1330 g/mol. The average molecular weight is 1330 g/mol. The van der Waals surface area contributed by atoms with Gasteiger partial charge in [0.05, 0.1) is 23.2 Å². The molecule has 10 N–H and O–H groups in total. The number of benzene rings is 3. The summed E-state index contributed by atoms with van der Waals surface area (Å²) in [7, 11) is 3.31. The molecule has 8 amide bonds. The number of nitrogens with zero attached hydrogens (tertiary/aromatic N) is 2. The third kappa shape index (κ3) is 19.0. The number of hydrogen-bond donors (Lipinski definition) is 10. The van der Waals surface area contributed by atoms with Gasteiger partial charge in [-0.25, -0.2) is 9.59 Å². The van der Waals surface area contributed by atoms with E-state index in [1.54, 1.807) is 46.1 Å². The molecule has 0 saturated carbocycles. The highest BCUT2D eigenvalue weighted by Crippen LogP contribution is 2.41. The molecule has 2 aliphatic carbocycles. The zero-order valence-electron chi connectivity index (χ0n) is 55.2. The van der Waals surface area contributed by atoms with E-state index in [1.807, 2.05) is 79.7 Å². The van der Waals surface area contributed by atoms with Crippen molar-refractivity contribution in [2.75, 3.05) is 27.2 Å². The van der Waals surface area contributed by atoms with E-state index in [0.29, 0.717) is 12.8 Å². The summed E-state index contributed by atoms with van der Waals surface area (Å²) in [5, 5.41) is 38.9.